The lowest BCUT2D eigenvalue weighted by Gasteiger charge is -2.32. The van der Waals surface area contributed by atoms with Crippen molar-refractivity contribution in [2.45, 2.75) is 52.7 Å². The minimum absolute atomic E-state index is 0.0353. The van der Waals surface area contributed by atoms with E-state index in [9.17, 15) is 4.79 Å². The third-order valence-electron chi connectivity index (χ3n) is 9.09. The van der Waals surface area contributed by atoms with Gasteiger partial charge in [-0.2, -0.15) is 0 Å². The summed E-state index contributed by atoms with van der Waals surface area (Å²) < 4.78 is 12.6. The smallest absolute Gasteiger partial charge is 0.225 e. The van der Waals surface area contributed by atoms with E-state index in [0.29, 0.717) is 6.61 Å². The Morgan fingerprint density at radius 3 is 2.43 bits per heavy atom. The van der Waals surface area contributed by atoms with Crippen LogP contribution in [0.3, 0.4) is 0 Å². The van der Waals surface area contributed by atoms with E-state index >= 15 is 0 Å². The Kier molecular flexibility index (Phi) is 7.73. The highest BCUT2D eigenvalue weighted by atomic mass is 16.5. The predicted molar refractivity (Wildman–Crippen MR) is 184 cm³/mol. The largest absolute Gasteiger partial charge is 0.493 e. The molecule has 5 aromatic rings. The maximum Gasteiger partial charge on any atom is 0.225 e. The minimum atomic E-state index is -0.739. The van der Waals surface area contributed by atoms with Crippen LogP contribution >= 0.6 is 0 Å². The molecule has 1 fully saturated rings. The van der Waals surface area contributed by atoms with Crippen LogP contribution < -0.4 is 9.64 Å². The Morgan fingerprint density at radius 1 is 0.957 bits per heavy atom. The van der Waals surface area contributed by atoms with E-state index < -0.39 is 11.7 Å². The number of carbonyl (C=O) groups excluding carboxylic acids is 1. The number of anilines is 1. The maximum absolute atomic E-state index is 13.3. The number of aromatic nitrogens is 3. The van der Waals surface area contributed by atoms with E-state index in [4.69, 9.17) is 24.4 Å². The van der Waals surface area contributed by atoms with Gasteiger partial charge in [-0.3, -0.25) is 9.78 Å². The second-order valence-electron chi connectivity index (χ2n) is 13.6. The van der Waals surface area contributed by atoms with Gasteiger partial charge in [-0.1, -0.05) is 18.2 Å². The normalized spacial score (nSPS) is 16.1. The molecule has 2 aromatic heterocycles. The summed E-state index contributed by atoms with van der Waals surface area (Å²) in [6, 6.07) is 14.8. The van der Waals surface area contributed by atoms with Crippen molar-refractivity contribution in [2.75, 3.05) is 44.7 Å². The van der Waals surface area contributed by atoms with Gasteiger partial charge in [-0.25, -0.2) is 9.97 Å². The zero-order valence-corrected chi connectivity index (χ0v) is 27.6. The molecule has 236 valence electrons. The van der Waals surface area contributed by atoms with E-state index in [-0.39, 0.29) is 5.78 Å². The molecule has 0 radical (unpaired) electrons. The molecule has 46 heavy (non-hydrogen) atoms. The summed E-state index contributed by atoms with van der Waals surface area (Å²) in [6.07, 6.45) is 5.81. The van der Waals surface area contributed by atoms with Crippen LogP contribution in [0.1, 0.15) is 50.5 Å². The number of ketones is 1. The topological polar surface area (TPSA) is 80.7 Å². The van der Waals surface area contributed by atoms with Crippen molar-refractivity contribution >= 4 is 33.4 Å². The summed E-state index contributed by atoms with van der Waals surface area (Å²) in [5.41, 5.74) is 7.36. The summed E-state index contributed by atoms with van der Waals surface area (Å²) in [5, 5.41) is 3.13. The second kappa shape index (κ2) is 11.8. The van der Waals surface area contributed by atoms with Crippen molar-refractivity contribution < 1.29 is 14.3 Å². The molecule has 8 heteroatoms. The summed E-state index contributed by atoms with van der Waals surface area (Å²) in [7, 11) is 2.15. The van der Waals surface area contributed by atoms with Crippen molar-refractivity contribution in [3.8, 4) is 28.0 Å². The van der Waals surface area contributed by atoms with Crippen LogP contribution in [0.15, 0.2) is 61.1 Å². The summed E-state index contributed by atoms with van der Waals surface area (Å²) in [4.78, 5) is 32.3. The number of ether oxygens (including phenoxy) is 2. The van der Waals surface area contributed by atoms with Crippen LogP contribution in [0.5, 0.6) is 5.75 Å². The van der Waals surface area contributed by atoms with Gasteiger partial charge in [0, 0.05) is 67.7 Å². The molecule has 3 aromatic carbocycles. The van der Waals surface area contributed by atoms with Crippen molar-refractivity contribution in [2.24, 2.45) is 0 Å². The Hall–Kier alpha value is -4.40. The Bertz CT molecular complexity index is 1950. The lowest BCUT2D eigenvalue weighted by Crippen LogP contribution is -2.45. The molecule has 0 amide bonds. The fourth-order valence-corrected chi connectivity index (χ4v) is 6.81. The number of hydrogen-bond donors (Lipinski definition) is 0. The SMILES string of the molecule is CC(=O)[C@@H](OC(C)(C)C)c1c(C)cc2cc(-c3cnc(N4CCN(C)CC4)nc3)ccc2c1-c1ccc2c3c(ccnc13)CCO2. The first-order valence-corrected chi connectivity index (χ1v) is 16.1. The highest BCUT2D eigenvalue weighted by Gasteiger charge is 2.31. The number of fused-ring (bicyclic) bond motifs is 1. The van der Waals surface area contributed by atoms with Crippen LogP contribution in [0.4, 0.5) is 5.95 Å². The van der Waals surface area contributed by atoms with Gasteiger partial charge in [0.1, 0.15) is 11.9 Å². The number of hydrogen-bond acceptors (Lipinski definition) is 8. The number of benzene rings is 3. The molecule has 0 aliphatic carbocycles. The van der Waals surface area contributed by atoms with Crippen LogP contribution in [0, 0.1) is 6.92 Å². The van der Waals surface area contributed by atoms with Crippen molar-refractivity contribution in [1.82, 2.24) is 19.9 Å². The first kappa shape index (κ1) is 30.3. The van der Waals surface area contributed by atoms with Gasteiger partial charge in [0.15, 0.2) is 5.78 Å². The minimum Gasteiger partial charge on any atom is -0.493 e. The first-order chi connectivity index (χ1) is 22.1. The highest BCUT2D eigenvalue weighted by Crippen LogP contribution is 2.45. The Morgan fingerprint density at radius 2 is 1.72 bits per heavy atom. The third kappa shape index (κ3) is 5.60. The number of aryl methyl sites for hydroxylation is 1. The van der Waals surface area contributed by atoms with Crippen molar-refractivity contribution in [3.63, 3.8) is 0 Å². The number of carbonyl (C=O) groups is 1. The molecule has 2 aliphatic heterocycles. The third-order valence-corrected chi connectivity index (χ3v) is 9.09. The van der Waals surface area contributed by atoms with E-state index in [2.05, 4.69) is 60.2 Å². The van der Waals surface area contributed by atoms with Crippen LogP contribution in [-0.2, 0) is 16.0 Å². The summed E-state index contributed by atoms with van der Waals surface area (Å²) in [5.74, 6) is 1.59. The molecular weight excluding hydrogens is 574 g/mol. The average Bonchev–Trinajstić information content (AvgIpc) is 3.03. The number of likely N-dealkylation sites (N-methyl/N-ethyl adjacent to an activating group) is 1. The average molecular weight is 616 g/mol. The molecule has 4 heterocycles. The van der Waals surface area contributed by atoms with Gasteiger partial charge in [-0.05, 0) is 105 Å². The Labute approximate surface area is 270 Å². The molecule has 1 saturated heterocycles. The summed E-state index contributed by atoms with van der Waals surface area (Å²) >= 11 is 0. The quantitative estimate of drug-likeness (QED) is 0.203. The molecule has 1 atom stereocenters. The van der Waals surface area contributed by atoms with Crippen molar-refractivity contribution in [3.05, 3.63) is 77.7 Å². The van der Waals surface area contributed by atoms with E-state index in [1.165, 1.54) is 5.56 Å². The van der Waals surface area contributed by atoms with Gasteiger partial charge in [0.05, 0.1) is 17.7 Å². The molecule has 0 N–H and O–H groups in total. The number of piperazine rings is 1. The standard InChI is InChI=1S/C38H41N5O3/c1-23-19-27-20-26(28-21-40-37(41-22-28)43-16-14-42(6)15-17-43)7-8-29(27)34(32(23)36(24(2)44)46-38(3,4)5)30-9-10-31-33-25(12-18-45-31)11-13-39-35(30)33/h7-11,13,19-22,36H,12,14-18H2,1-6H3/t36-/m1/s1. The van der Waals surface area contributed by atoms with Gasteiger partial charge < -0.3 is 19.3 Å². The fourth-order valence-electron chi connectivity index (χ4n) is 6.81. The number of nitrogens with zero attached hydrogens (tertiary/aromatic N) is 5. The zero-order chi connectivity index (χ0) is 32.2. The van der Waals surface area contributed by atoms with Gasteiger partial charge >= 0.3 is 0 Å². The summed E-state index contributed by atoms with van der Waals surface area (Å²) in [6.45, 7) is 14.2. The maximum atomic E-state index is 13.3. The molecule has 0 unspecified atom stereocenters. The van der Waals surface area contributed by atoms with E-state index in [0.717, 1.165) is 99.4 Å². The monoisotopic (exact) mass is 615 g/mol. The van der Waals surface area contributed by atoms with Crippen LogP contribution in [0.2, 0.25) is 0 Å². The Balaban J connectivity index is 1.41. The molecular formula is C38H41N5O3. The van der Waals surface area contributed by atoms with Gasteiger partial charge in [0.2, 0.25) is 5.95 Å². The molecule has 0 saturated carbocycles. The van der Waals surface area contributed by atoms with E-state index in [1.807, 2.05) is 45.4 Å². The van der Waals surface area contributed by atoms with Gasteiger partial charge in [-0.15, -0.1) is 0 Å². The first-order valence-electron chi connectivity index (χ1n) is 16.1. The van der Waals surface area contributed by atoms with Gasteiger partial charge in [0.25, 0.3) is 0 Å². The number of rotatable bonds is 6. The predicted octanol–water partition coefficient (Wildman–Crippen LogP) is 6.95. The lowest BCUT2D eigenvalue weighted by molar-refractivity contribution is -0.138. The lowest BCUT2D eigenvalue weighted by atomic mass is 9.84. The van der Waals surface area contributed by atoms with E-state index in [1.54, 1.807) is 6.92 Å². The molecule has 7 rings (SSSR count). The fraction of sp³-hybridized carbons (Fsp3) is 0.368. The number of Topliss-reactive ketones (excluding diaryl/α,β-unsaturated/α-hetero) is 1. The van der Waals surface area contributed by atoms with Crippen molar-refractivity contribution in [1.29, 1.82) is 0 Å². The zero-order valence-electron chi connectivity index (χ0n) is 27.6. The number of pyridine rings is 1. The second-order valence-corrected chi connectivity index (χ2v) is 13.6. The highest BCUT2D eigenvalue weighted by molar-refractivity contribution is 6.09. The van der Waals surface area contributed by atoms with Crippen LogP contribution in [-0.4, -0.2) is 71.1 Å². The molecule has 0 spiro atoms. The molecule has 2 aliphatic rings. The molecule has 8 nitrogen and oxygen atoms in total. The molecule has 0 bridgehead atoms. The van der Waals surface area contributed by atoms with Crippen LogP contribution in [0.25, 0.3) is 43.9 Å².